The van der Waals surface area contributed by atoms with Gasteiger partial charge in [0.25, 0.3) is 10.0 Å². The topological polar surface area (TPSA) is 92.4 Å². The molecule has 0 aliphatic rings. The van der Waals surface area contributed by atoms with Crippen molar-refractivity contribution in [1.82, 2.24) is 0 Å². The van der Waals surface area contributed by atoms with Crippen LogP contribution in [0.3, 0.4) is 0 Å². The molecule has 0 saturated carbocycles. The monoisotopic (exact) mass is 292 g/mol. The molecule has 0 atom stereocenters. The Labute approximate surface area is 118 Å². The van der Waals surface area contributed by atoms with Crippen LogP contribution in [-0.4, -0.2) is 13.5 Å². The maximum absolute atomic E-state index is 12.4. The number of phenols is 1. The predicted molar refractivity (Wildman–Crippen MR) is 79.2 cm³/mol. The molecule has 4 N–H and O–H groups in total. The van der Waals surface area contributed by atoms with Gasteiger partial charge in [-0.25, -0.2) is 8.42 Å². The van der Waals surface area contributed by atoms with Gasteiger partial charge in [-0.1, -0.05) is 12.1 Å². The van der Waals surface area contributed by atoms with Gasteiger partial charge < -0.3 is 10.8 Å². The normalized spacial score (nSPS) is 11.3. The van der Waals surface area contributed by atoms with Crippen molar-refractivity contribution >= 4 is 21.4 Å². The number of aromatic hydroxyl groups is 1. The fourth-order valence-electron chi connectivity index (χ4n) is 1.84. The molecule has 0 radical (unpaired) electrons. The number of sulfonamides is 1. The summed E-state index contributed by atoms with van der Waals surface area (Å²) in [7, 11) is -3.71. The van der Waals surface area contributed by atoms with Gasteiger partial charge in [-0.3, -0.25) is 4.72 Å². The predicted octanol–water partition coefficient (Wildman–Crippen LogP) is 2.39. The van der Waals surface area contributed by atoms with Crippen LogP contribution in [-0.2, 0) is 10.0 Å². The number of anilines is 2. The van der Waals surface area contributed by atoms with Gasteiger partial charge >= 0.3 is 0 Å². The molecule has 0 aromatic heterocycles. The van der Waals surface area contributed by atoms with Crippen molar-refractivity contribution in [2.75, 3.05) is 10.5 Å². The summed E-state index contributed by atoms with van der Waals surface area (Å²) >= 11 is 0. The van der Waals surface area contributed by atoms with Gasteiger partial charge in [0.2, 0.25) is 0 Å². The van der Waals surface area contributed by atoms with Crippen LogP contribution in [0.25, 0.3) is 0 Å². The molecule has 0 spiro atoms. The summed E-state index contributed by atoms with van der Waals surface area (Å²) in [5, 5.41) is 9.28. The van der Waals surface area contributed by atoms with E-state index in [9.17, 15) is 13.5 Å². The van der Waals surface area contributed by atoms with E-state index < -0.39 is 10.0 Å². The lowest BCUT2D eigenvalue weighted by Crippen LogP contribution is -2.15. The summed E-state index contributed by atoms with van der Waals surface area (Å²) in [5.41, 5.74) is 7.60. The third-order valence-electron chi connectivity index (χ3n) is 2.91. The van der Waals surface area contributed by atoms with Crippen molar-refractivity contribution in [1.29, 1.82) is 0 Å². The van der Waals surface area contributed by atoms with Crippen molar-refractivity contribution in [2.45, 2.75) is 18.7 Å². The second kappa shape index (κ2) is 5.05. The van der Waals surface area contributed by atoms with Crippen molar-refractivity contribution in [3.63, 3.8) is 0 Å². The fourth-order valence-corrected chi connectivity index (χ4v) is 3.26. The lowest BCUT2D eigenvalue weighted by molar-refractivity contribution is 0.475. The van der Waals surface area contributed by atoms with Crippen LogP contribution in [0.2, 0.25) is 0 Å². The van der Waals surface area contributed by atoms with Gasteiger partial charge in [-0.2, -0.15) is 0 Å². The highest BCUT2D eigenvalue weighted by Crippen LogP contribution is 2.27. The molecule has 0 amide bonds. The van der Waals surface area contributed by atoms with Crippen LogP contribution in [0.4, 0.5) is 11.4 Å². The Balaban J connectivity index is 2.43. The third kappa shape index (κ3) is 2.85. The van der Waals surface area contributed by atoms with Crippen molar-refractivity contribution in [2.24, 2.45) is 0 Å². The Morgan fingerprint density at radius 2 is 1.80 bits per heavy atom. The zero-order chi connectivity index (χ0) is 14.9. The first-order valence-corrected chi connectivity index (χ1v) is 7.46. The van der Waals surface area contributed by atoms with E-state index in [1.807, 2.05) is 13.0 Å². The quantitative estimate of drug-likeness (QED) is 0.598. The van der Waals surface area contributed by atoms with Crippen LogP contribution < -0.4 is 10.5 Å². The zero-order valence-corrected chi connectivity index (χ0v) is 12.0. The van der Waals surface area contributed by atoms with Crippen molar-refractivity contribution < 1.29 is 13.5 Å². The van der Waals surface area contributed by atoms with E-state index in [1.165, 1.54) is 18.2 Å². The summed E-state index contributed by atoms with van der Waals surface area (Å²) in [6, 6.07) is 9.30. The number of rotatable bonds is 3. The molecule has 20 heavy (non-hydrogen) atoms. The van der Waals surface area contributed by atoms with Crippen LogP contribution in [0.1, 0.15) is 11.1 Å². The maximum Gasteiger partial charge on any atom is 0.262 e. The Morgan fingerprint density at radius 3 is 2.45 bits per heavy atom. The molecule has 0 unspecified atom stereocenters. The van der Waals surface area contributed by atoms with Crippen molar-refractivity contribution in [3.8, 4) is 5.75 Å². The Morgan fingerprint density at radius 1 is 1.10 bits per heavy atom. The van der Waals surface area contributed by atoms with E-state index in [-0.39, 0.29) is 22.0 Å². The molecule has 0 fully saturated rings. The number of aryl methyl sites for hydroxylation is 2. The summed E-state index contributed by atoms with van der Waals surface area (Å²) < 4.78 is 27.2. The molecular formula is C14H16N2O3S. The highest BCUT2D eigenvalue weighted by Gasteiger charge is 2.18. The third-order valence-corrected chi connectivity index (χ3v) is 4.42. The van der Waals surface area contributed by atoms with Crippen LogP contribution in [0.15, 0.2) is 41.3 Å². The lowest BCUT2D eigenvalue weighted by Gasteiger charge is -2.12. The highest BCUT2D eigenvalue weighted by atomic mass is 32.2. The zero-order valence-electron chi connectivity index (χ0n) is 11.2. The minimum atomic E-state index is -3.71. The Kier molecular flexibility index (Phi) is 3.59. The maximum atomic E-state index is 12.4. The van der Waals surface area contributed by atoms with Crippen LogP contribution in [0, 0.1) is 13.8 Å². The summed E-state index contributed by atoms with van der Waals surface area (Å²) in [4.78, 5) is 0.213. The van der Waals surface area contributed by atoms with Gasteiger partial charge in [-0.15, -0.1) is 0 Å². The average molecular weight is 292 g/mol. The Bertz CT molecular complexity index is 755. The second-order valence-corrected chi connectivity index (χ2v) is 6.30. The fraction of sp³-hybridized carbons (Fsp3) is 0.143. The van der Waals surface area contributed by atoms with Gasteiger partial charge in [-0.05, 0) is 43.2 Å². The van der Waals surface area contributed by atoms with E-state index in [2.05, 4.69) is 4.72 Å². The number of nitrogens with two attached hydrogens (primary N) is 1. The Hall–Kier alpha value is -2.21. The average Bonchev–Trinajstić information content (AvgIpc) is 2.35. The summed E-state index contributed by atoms with van der Waals surface area (Å²) in [6.45, 7) is 3.56. The standard InChI is InChI=1S/C14H16N2O3S/c1-9-3-4-10(2)14(7-9)20(18,19)16-13-6-5-11(17)8-12(13)15/h3-8,16-17H,15H2,1-2H3. The molecule has 6 heteroatoms. The number of hydrogen-bond acceptors (Lipinski definition) is 4. The SMILES string of the molecule is Cc1ccc(C)c(S(=O)(=O)Nc2ccc(O)cc2N)c1. The molecule has 0 aliphatic heterocycles. The minimum absolute atomic E-state index is 0.0165. The first-order valence-electron chi connectivity index (χ1n) is 5.98. The first kappa shape index (κ1) is 14.2. The van der Waals surface area contributed by atoms with Crippen molar-refractivity contribution in [3.05, 3.63) is 47.5 Å². The molecular weight excluding hydrogens is 276 g/mol. The van der Waals surface area contributed by atoms with Gasteiger partial charge in [0.1, 0.15) is 5.75 Å². The van der Waals surface area contributed by atoms with Crippen LogP contribution in [0.5, 0.6) is 5.75 Å². The molecule has 0 saturated heterocycles. The number of phenolic OH excluding ortho intramolecular Hbond substituents is 1. The molecule has 0 bridgehead atoms. The summed E-state index contributed by atoms with van der Waals surface area (Å²) in [5.74, 6) is -0.0165. The highest BCUT2D eigenvalue weighted by molar-refractivity contribution is 7.92. The number of nitrogen functional groups attached to an aromatic ring is 1. The molecule has 2 aromatic carbocycles. The molecule has 0 heterocycles. The van der Waals surface area contributed by atoms with Gasteiger partial charge in [0.05, 0.1) is 16.3 Å². The number of benzene rings is 2. The van der Waals surface area contributed by atoms with Gasteiger partial charge in [0, 0.05) is 6.07 Å². The lowest BCUT2D eigenvalue weighted by atomic mass is 10.2. The number of hydrogen-bond donors (Lipinski definition) is 3. The molecule has 2 aromatic rings. The van der Waals surface area contributed by atoms with E-state index in [1.54, 1.807) is 19.1 Å². The second-order valence-electron chi connectivity index (χ2n) is 4.65. The van der Waals surface area contributed by atoms with E-state index in [4.69, 9.17) is 5.73 Å². The molecule has 2 rings (SSSR count). The minimum Gasteiger partial charge on any atom is -0.508 e. The molecule has 0 aliphatic carbocycles. The molecule has 5 nitrogen and oxygen atoms in total. The van der Waals surface area contributed by atoms with E-state index in [0.717, 1.165) is 5.56 Å². The smallest absolute Gasteiger partial charge is 0.262 e. The van der Waals surface area contributed by atoms with Crippen LogP contribution >= 0.6 is 0 Å². The van der Waals surface area contributed by atoms with Gasteiger partial charge in [0.15, 0.2) is 0 Å². The van der Waals surface area contributed by atoms with E-state index in [0.29, 0.717) is 5.56 Å². The van der Waals surface area contributed by atoms with E-state index >= 15 is 0 Å². The molecule has 106 valence electrons. The largest absolute Gasteiger partial charge is 0.508 e. The first-order chi connectivity index (χ1) is 9.29. The summed E-state index contributed by atoms with van der Waals surface area (Å²) in [6.07, 6.45) is 0. The number of nitrogens with one attached hydrogen (secondary N) is 1.